The van der Waals surface area contributed by atoms with Crippen molar-refractivity contribution >= 4 is 50.0 Å². The largest absolute Gasteiger partial charge is 0.495 e. The Labute approximate surface area is 225 Å². The molecule has 0 fully saturated rings. The second-order valence-electron chi connectivity index (χ2n) is 8.24. The molecule has 0 saturated carbocycles. The van der Waals surface area contributed by atoms with E-state index in [2.05, 4.69) is 16.0 Å². The van der Waals surface area contributed by atoms with Gasteiger partial charge in [0.25, 0.3) is 5.56 Å². The molecular formula is C27H19ClN4O5S. The first kappa shape index (κ1) is 25.2. The number of rotatable bonds is 7. The van der Waals surface area contributed by atoms with Crippen molar-refractivity contribution in [2.75, 3.05) is 13.7 Å². The smallest absolute Gasteiger partial charge is 0.338 e. The number of aromatic carboxylic acids is 1. The molecule has 0 aliphatic rings. The second kappa shape index (κ2) is 10.1. The van der Waals surface area contributed by atoms with Gasteiger partial charge >= 0.3 is 5.97 Å². The molecule has 9 nitrogen and oxygen atoms in total. The van der Waals surface area contributed by atoms with E-state index in [9.17, 15) is 20.0 Å². The van der Waals surface area contributed by atoms with Gasteiger partial charge in [0.2, 0.25) is 0 Å². The highest BCUT2D eigenvalue weighted by atomic mass is 35.5. The fourth-order valence-corrected chi connectivity index (χ4v) is 5.53. The van der Waals surface area contributed by atoms with Gasteiger partial charge in [-0.2, -0.15) is 5.26 Å². The summed E-state index contributed by atoms with van der Waals surface area (Å²) >= 11 is 7.58. The first-order valence-electron chi connectivity index (χ1n) is 11.3. The first-order valence-corrected chi connectivity index (χ1v) is 12.6. The molecule has 0 aliphatic carbocycles. The molecule has 11 heteroatoms. The monoisotopic (exact) mass is 546 g/mol. The number of nitrogens with zero attached hydrogens (tertiary/aromatic N) is 4. The zero-order chi connectivity index (χ0) is 27.0. The third kappa shape index (κ3) is 4.32. The highest BCUT2D eigenvalue weighted by molar-refractivity contribution is 7.18. The lowest BCUT2D eigenvalue weighted by Gasteiger charge is -2.15. The number of aromatic nitrogens is 3. The molecule has 5 aromatic rings. The predicted octanol–water partition coefficient (Wildman–Crippen LogP) is 5.29. The van der Waals surface area contributed by atoms with E-state index in [0.717, 1.165) is 5.56 Å². The van der Waals surface area contributed by atoms with Crippen molar-refractivity contribution in [2.45, 2.75) is 13.5 Å². The summed E-state index contributed by atoms with van der Waals surface area (Å²) < 4.78 is 13.5. The van der Waals surface area contributed by atoms with Gasteiger partial charge in [-0.05, 0) is 43.3 Å². The lowest BCUT2D eigenvalue weighted by molar-refractivity contribution is 0.0699. The number of benzene rings is 2. The van der Waals surface area contributed by atoms with Crippen LogP contribution < -0.4 is 15.0 Å². The third-order valence-electron chi connectivity index (χ3n) is 6.10. The molecule has 190 valence electrons. The van der Waals surface area contributed by atoms with Gasteiger partial charge in [-0.15, -0.1) is 11.3 Å². The zero-order valence-electron chi connectivity index (χ0n) is 20.2. The van der Waals surface area contributed by atoms with Crippen LogP contribution in [-0.2, 0) is 6.54 Å². The Balaban J connectivity index is 1.50. The second-order valence-corrected chi connectivity index (χ2v) is 9.56. The van der Waals surface area contributed by atoms with E-state index in [4.69, 9.17) is 21.1 Å². The molecule has 0 amide bonds. The van der Waals surface area contributed by atoms with E-state index in [-0.39, 0.29) is 35.2 Å². The van der Waals surface area contributed by atoms with Gasteiger partial charge in [0.05, 0.1) is 40.3 Å². The van der Waals surface area contributed by atoms with E-state index in [1.807, 2.05) is 0 Å². The Hall–Kier alpha value is -4.46. The van der Waals surface area contributed by atoms with E-state index < -0.39 is 5.97 Å². The van der Waals surface area contributed by atoms with E-state index >= 15 is 0 Å². The van der Waals surface area contributed by atoms with Crippen LogP contribution in [0.4, 0.5) is 0 Å². The SMILES string of the molecule is COc1ccc2nc(C)n(CCOc3ccc(Cl)cc3-c3ccnc4c(C(=O)O)csc34)c(=O)c2c1C#N. The number of fused-ring (bicyclic) bond motifs is 2. The zero-order valence-corrected chi connectivity index (χ0v) is 21.8. The molecule has 0 saturated heterocycles. The number of methoxy groups -OCH3 is 1. The fourth-order valence-electron chi connectivity index (χ4n) is 4.33. The van der Waals surface area contributed by atoms with E-state index in [1.54, 1.807) is 54.9 Å². The average Bonchev–Trinajstić information content (AvgIpc) is 3.35. The molecule has 0 spiro atoms. The number of nitriles is 1. The molecule has 2 aromatic carbocycles. The molecule has 0 unspecified atom stereocenters. The quantitative estimate of drug-likeness (QED) is 0.291. The van der Waals surface area contributed by atoms with Gasteiger partial charge in [-0.3, -0.25) is 14.3 Å². The molecule has 0 atom stereocenters. The number of halogens is 1. The van der Waals surface area contributed by atoms with Gasteiger partial charge in [-0.25, -0.2) is 9.78 Å². The number of carbonyl (C=O) groups is 1. The molecule has 3 heterocycles. The minimum atomic E-state index is -1.05. The highest BCUT2D eigenvalue weighted by Gasteiger charge is 2.19. The van der Waals surface area contributed by atoms with Gasteiger partial charge in [0.15, 0.2) is 0 Å². The maximum absolute atomic E-state index is 13.4. The lowest BCUT2D eigenvalue weighted by Crippen LogP contribution is -2.27. The van der Waals surface area contributed by atoms with Crippen LogP contribution in [-0.4, -0.2) is 39.3 Å². The molecule has 3 aromatic heterocycles. The van der Waals surface area contributed by atoms with E-state index in [0.29, 0.717) is 43.6 Å². The predicted molar refractivity (Wildman–Crippen MR) is 145 cm³/mol. The maximum Gasteiger partial charge on any atom is 0.338 e. The molecule has 0 radical (unpaired) electrons. The number of hydrogen-bond acceptors (Lipinski definition) is 8. The summed E-state index contributed by atoms with van der Waals surface area (Å²) in [5.74, 6) is 0.239. The molecule has 5 rings (SSSR count). The standard InChI is InChI=1S/C27H19ClN4O5S/c1-14-31-20-4-6-21(36-2)18(12-29)23(20)26(33)32(14)9-10-37-22-5-3-15(28)11-17(22)16-7-8-30-24-19(27(34)35)13-38-25(16)24/h3-8,11,13H,9-10H2,1-2H3,(H,34,35). The van der Waals surface area contributed by atoms with Crippen molar-refractivity contribution < 1.29 is 19.4 Å². The number of aryl methyl sites for hydroxylation is 1. The highest BCUT2D eigenvalue weighted by Crippen LogP contribution is 2.39. The topological polar surface area (TPSA) is 127 Å². The third-order valence-corrected chi connectivity index (χ3v) is 7.34. The van der Waals surface area contributed by atoms with Gasteiger partial charge < -0.3 is 14.6 Å². The Morgan fingerprint density at radius 2 is 2.00 bits per heavy atom. The summed E-state index contributed by atoms with van der Waals surface area (Å²) in [4.78, 5) is 33.7. The Morgan fingerprint density at radius 3 is 2.74 bits per heavy atom. The molecular weight excluding hydrogens is 528 g/mol. The van der Waals surface area contributed by atoms with Crippen LogP contribution in [0.3, 0.4) is 0 Å². The Kier molecular flexibility index (Phi) is 6.72. The van der Waals surface area contributed by atoms with Crippen molar-refractivity contribution in [1.29, 1.82) is 5.26 Å². The van der Waals surface area contributed by atoms with Gasteiger partial charge in [0.1, 0.15) is 35.6 Å². The van der Waals surface area contributed by atoms with Crippen molar-refractivity contribution in [1.82, 2.24) is 14.5 Å². The van der Waals surface area contributed by atoms with Crippen molar-refractivity contribution in [3.63, 3.8) is 0 Å². The summed E-state index contributed by atoms with van der Waals surface area (Å²) in [6.45, 7) is 2.01. The van der Waals surface area contributed by atoms with Crippen LogP contribution in [0.1, 0.15) is 21.7 Å². The summed E-state index contributed by atoms with van der Waals surface area (Å²) in [7, 11) is 1.44. The van der Waals surface area contributed by atoms with E-state index in [1.165, 1.54) is 23.0 Å². The number of hydrogen-bond donors (Lipinski definition) is 1. The number of pyridine rings is 1. The van der Waals surface area contributed by atoms with Gasteiger partial charge in [0, 0.05) is 27.7 Å². The number of thiophene rings is 1. The number of carboxylic acids is 1. The normalized spacial score (nSPS) is 11.0. The molecule has 38 heavy (non-hydrogen) atoms. The van der Waals surface area contributed by atoms with Crippen LogP contribution in [0.25, 0.3) is 32.2 Å². The maximum atomic E-state index is 13.4. The summed E-state index contributed by atoms with van der Waals surface area (Å²) in [5, 5.41) is 21.4. The summed E-state index contributed by atoms with van der Waals surface area (Å²) in [6.07, 6.45) is 1.55. The Morgan fingerprint density at radius 1 is 1.21 bits per heavy atom. The van der Waals surface area contributed by atoms with Crippen LogP contribution >= 0.6 is 22.9 Å². The summed E-state index contributed by atoms with van der Waals surface area (Å²) in [6, 6.07) is 12.3. The summed E-state index contributed by atoms with van der Waals surface area (Å²) in [5.41, 5.74) is 2.11. The molecule has 0 bridgehead atoms. The minimum absolute atomic E-state index is 0.119. The van der Waals surface area contributed by atoms with Crippen LogP contribution in [0.5, 0.6) is 11.5 Å². The number of carboxylic acid groups (broad SMARTS) is 1. The van der Waals surface area contributed by atoms with Crippen LogP contribution in [0.15, 0.2) is 52.8 Å². The van der Waals surface area contributed by atoms with Crippen LogP contribution in [0, 0.1) is 18.3 Å². The Bertz CT molecular complexity index is 1840. The average molecular weight is 547 g/mol. The number of ether oxygens (including phenoxy) is 2. The van der Waals surface area contributed by atoms with Crippen molar-refractivity contribution in [3.8, 4) is 28.7 Å². The first-order chi connectivity index (χ1) is 18.3. The van der Waals surface area contributed by atoms with Crippen molar-refractivity contribution in [3.05, 3.63) is 80.3 Å². The minimum Gasteiger partial charge on any atom is -0.495 e. The van der Waals surface area contributed by atoms with Crippen molar-refractivity contribution in [2.24, 2.45) is 0 Å². The molecule has 0 aliphatic heterocycles. The fraction of sp³-hybridized carbons (Fsp3) is 0.148. The molecule has 1 N–H and O–H groups in total. The van der Waals surface area contributed by atoms with Gasteiger partial charge in [-0.1, -0.05) is 11.6 Å². The lowest BCUT2D eigenvalue weighted by atomic mass is 10.0. The van der Waals surface area contributed by atoms with Crippen LogP contribution in [0.2, 0.25) is 5.02 Å².